The molecule has 3 N–H and O–H groups in total. The number of amides is 2. The summed E-state index contributed by atoms with van der Waals surface area (Å²) in [6.45, 7) is 2.85. The summed E-state index contributed by atoms with van der Waals surface area (Å²) in [6, 6.07) is -0.579. The van der Waals surface area contributed by atoms with Crippen LogP contribution in [-0.4, -0.2) is 69.0 Å². The van der Waals surface area contributed by atoms with Crippen LogP contribution in [0, 0.1) is 0 Å². The molecule has 3 aliphatic heterocycles. The summed E-state index contributed by atoms with van der Waals surface area (Å²) in [5.74, 6) is -0.922. The summed E-state index contributed by atoms with van der Waals surface area (Å²) in [6.07, 6.45) is 12.0. The van der Waals surface area contributed by atoms with E-state index < -0.39 is 12.0 Å². The summed E-state index contributed by atoms with van der Waals surface area (Å²) >= 11 is 0. The van der Waals surface area contributed by atoms with Crippen molar-refractivity contribution in [3.05, 3.63) is 41.4 Å². The molecule has 0 radical (unpaired) electrons. The van der Waals surface area contributed by atoms with Gasteiger partial charge in [0.25, 0.3) is 0 Å². The van der Waals surface area contributed by atoms with Gasteiger partial charge in [0.05, 0.1) is 24.8 Å². The Morgan fingerprint density at radius 3 is 3.00 bits per heavy atom. The predicted octanol–water partition coefficient (Wildman–Crippen LogP) is 1.58. The molecule has 4 rings (SSSR count). The fourth-order valence-electron chi connectivity index (χ4n) is 4.48. The van der Waals surface area contributed by atoms with E-state index in [1.165, 1.54) is 17.7 Å². The molecule has 1 aromatic rings. The van der Waals surface area contributed by atoms with Crippen LogP contribution >= 0.6 is 0 Å². The molecule has 0 aromatic carbocycles. The molecule has 30 heavy (non-hydrogen) atoms. The number of fused-ring (bicyclic) bond motifs is 1. The Morgan fingerprint density at radius 2 is 2.23 bits per heavy atom. The number of carbonyl (C=O) groups is 2. The van der Waals surface area contributed by atoms with Crippen LogP contribution in [0.4, 0.5) is 4.79 Å². The summed E-state index contributed by atoms with van der Waals surface area (Å²) in [5.41, 5.74) is 3.37. The molecule has 4 heterocycles. The lowest BCUT2D eigenvalue weighted by Gasteiger charge is -2.32. The van der Waals surface area contributed by atoms with Gasteiger partial charge in [-0.2, -0.15) is 5.10 Å². The highest BCUT2D eigenvalue weighted by atomic mass is 16.4. The van der Waals surface area contributed by atoms with E-state index in [0.717, 1.165) is 31.4 Å². The number of rotatable bonds is 8. The van der Waals surface area contributed by atoms with Crippen LogP contribution in [0.1, 0.15) is 43.7 Å². The van der Waals surface area contributed by atoms with E-state index >= 15 is 0 Å². The maximum absolute atomic E-state index is 13.0. The lowest BCUT2D eigenvalue weighted by Crippen LogP contribution is -2.47. The molecule has 2 fully saturated rings. The fraction of sp³-hybridized carbons (Fsp3) is 0.571. The molecular formula is C21H30N6O3. The number of carbonyl (C=O) groups excluding carboxylic acids is 1. The third kappa shape index (κ3) is 4.51. The van der Waals surface area contributed by atoms with Gasteiger partial charge >= 0.3 is 12.0 Å². The number of dihydropyridines is 1. The van der Waals surface area contributed by atoms with Gasteiger partial charge in [0.15, 0.2) is 0 Å². The van der Waals surface area contributed by atoms with Gasteiger partial charge in [0.2, 0.25) is 0 Å². The van der Waals surface area contributed by atoms with Crippen molar-refractivity contribution >= 4 is 12.0 Å². The molecule has 2 atom stereocenters. The summed E-state index contributed by atoms with van der Waals surface area (Å²) in [5, 5.41) is 20.5. The molecule has 0 bridgehead atoms. The Kier molecular flexibility index (Phi) is 6.08. The van der Waals surface area contributed by atoms with Crippen molar-refractivity contribution in [2.75, 3.05) is 26.2 Å². The lowest BCUT2D eigenvalue weighted by molar-refractivity contribution is -0.138. The Balaban J connectivity index is 1.32. The first kappa shape index (κ1) is 20.5. The largest absolute Gasteiger partial charge is 0.481 e. The summed E-state index contributed by atoms with van der Waals surface area (Å²) < 4.78 is 1.63. The number of hydrogen-bond acceptors (Lipinski definition) is 5. The number of aliphatic carboxylic acids is 1. The molecule has 0 aliphatic carbocycles. The highest BCUT2D eigenvalue weighted by Crippen LogP contribution is 2.28. The molecule has 1 aromatic heterocycles. The molecule has 2 amide bonds. The van der Waals surface area contributed by atoms with Gasteiger partial charge in [-0.3, -0.25) is 14.8 Å². The monoisotopic (exact) mass is 414 g/mol. The SMILES string of the molecule is Cn1cc([C@H](CC(=O)O)N2CCN(CCCC3=CC=C4CCCNC4N3)C2=O)cn1. The highest BCUT2D eigenvalue weighted by Gasteiger charge is 2.35. The third-order valence-electron chi connectivity index (χ3n) is 6.04. The summed E-state index contributed by atoms with van der Waals surface area (Å²) in [4.78, 5) is 27.8. The van der Waals surface area contributed by atoms with Crippen LogP contribution in [-0.2, 0) is 11.8 Å². The Labute approximate surface area is 176 Å². The highest BCUT2D eigenvalue weighted by molar-refractivity contribution is 5.78. The average molecular weight is 415 g/mol. The number of hydrogen-bond donors (Lipinski definition) is 3. The molecule has 1 unspecified atom stereocenters. The molecule has 0 spiro atoms. The van der Waals surface area contributed by atoms with Gasteiger partial charge in [-0.1, -0.05) is 6.08 Å². The topological polar surface area (TPSA) is 103 Å². The zero-order chi connectivity index (χ0) is 21.1. The number of urea groups is 1. The quantitative estimate of drug-likeness (QED) is 0.597. The van der Waals surface area contributed by atoms with Gasteiger partial charge in [0.1, 0.15) is 0 Å². The van der Waals surface area contributed by atoms with E-state index in [-0.39, 0.29) is 18.6 Å². The van der Waals surface area contributed by atoms with Gasteiger partial charge in [0, 0.05) is 44.1 Å². The molecule has 9 nitrogen and oxygen atoms in total. The number of allylic oxidation sites excluding steroid dienone is 3. The molecule has 3 aliphatic rings. The van der Waals surface area contributed by atoms with Crippen LogP contribution in [0.25, 0.3) is 0 Å². The molecule has 162 valence electrons. The van der Waals surface area contributed by atoms with Crippen LogP contribution in [0.5, 0.6) is 0 Å². The molecule has 2 saturated heterocycles. The Bertz CT molecular complexity index is 861. The predicted molar refractivity (Wildman–Crippen MR) is 111 cm³/mol. The van der Waals surface area contributed by atoms with Gasteiger partial charge in [-0.25, -0.2) is 4.79 Å². The van der Waals surface area contributed by atoms with Crippen LogP contribution in [0.15, 0.2) is 35.8 Å². The number of aromatic nitrogens is 2. The number of carboxylic acids is 1. The summed E-state index contributed by atoms with van der Waals surface area (Å²) in [7, 11) is 1.79. The van der Waals surface area contributed by atoms with Gasteiger partial charge in [-0.05, 0) is 43.9 Å². The zero-order valence-corrected chi connectivity index (χ0v) is 17.4. The minimum atomic E-state index is -0.922. The maximum atomic E-state index is 13.0. The van der Waals surface area contributed by atoms with Gasteiger partial charge in [-0.15, -0.1) is 0 Å². The first-order valence-electron chi connectivity index (χ1n) is 10.7. The normalized spacial score (nSPS) is 22.3. The van der Waals surface area contributed by atoms with E-state index in [9.17, 15) is 14.7 Å². The van der Waals surface area contributed by atoms with Gasteiger partial charge < -0.3 is 20.2 Å². The second kappa shape index (κ2) is 8.91. The van der Waals surface area contributed by atoms with Crippen molar-refractivity contribution in [2.45, 2.75) is 44.3 Å². The first-order chi connectivity index (χ1) is 14.5. The average Bonchev–Trinajstić information content (AvgIpc) is 3.32. The second-order valence-corrected chi connectivity index (χ2v) is 8.20. The lowest BCUT2D eigenvalue weighted by atomic mass is 9.99. The Morgan fingerprint density at radius 1 is 1.37 bits per heavy atom. The van der Waals surface area contributed by atoms with Crippen LogP contribution < -0.4 is 10.6 Å². The number of piperidine rings is 1. The smallest absolute Gasteiger partial charge is 0.320 e. The van der Waals surface area contributed by atoms with Crippen molar-refractivity contribution in [3.8, 4) is 0 Å². The standard InChI is InChI=1S/C21H30N6O3/c1-25-14-16(13-23-25)18(12-19(28)29)27-11-10-26(21(27)30)9-3-5-17-7-6-15-4-2-8-22-20(15)24-17/h6-7,13-14,18,20,22,24H,2-5,8-12H2,1H3,(H,28,29)/t18-,20?/m0/s1. The Hall–Kier alpha value is -2.81. The van der Waals surface area contributed by atoms with E-state index in [0.29, 0.717) is 19.6 Å². The number of nitrogens with one attached hydrogen (secondary N) is 2. The van der Waals surface area contributed by atoms with E-state index in [2.05, 4.69) is 27.9 Å². The van der Waals surface area contributed by atoms with E-state index in [1.54, 1.807) is 29.0 Å². The molecule has 9 heteroatoms. The van der Waals surface area contributed by atoms with Crippen molar-refractivity contribution in [2.24, 2.45) is 7.05 Å². The van der Waals surface area contributed by atoms with Crippen molar-refractivity contribution < 1.29 is 14.7 Å². The molecule has 0 saturated carbocycles. The van der Waals surface area contributed by atoms with Crippen molar-refractivity contribution in [3.63, 3.8) is 0 Å². The van der Waals surface area contributed by atoms with E-state index in [4.69, 9.17) is 0 Å². The van der Waals surface area contributed by atoms with Crippen molar-refractivity contribution in [1.82, 2.24) is 30.2 Å². The fourth-order valence-corrected chi connectivity index (χ4v) is 4.48. The number of carboxylic acid groups (broad SMARTS) is 1. The number of nitrogens with zero attached hydrogens (tertiary/aromatic N) is 4. The minimum absolute atomic E-state index is 0.0909. The molecular weight excluding hydrogens is 384 g/mol. The van der Waals surface area contributed by atoms with Crippen molar-refractivity contribution in [1.29, 1.82) is 0 Å². The minimum Gasteiger partial charge on any atom is -0.481 e. The maximum Gasteiger partial charge on any atom is 0.320 e. The van der Waals surface area contributed by atoms with Crippen LogP contribution in [0.2, 0.25) is 0 Å². The van der Waals surface area contributed by atoms with Crippen LogP contribution in [0.3, 0.4) is 0 Å². The number of aryl methyl sites for hydroxylation is 1. The van der Waals surface area contributed by atoms with E-state index in [1.807, 2.05) is 4.90 Å². The zero-order valence-electron chi connectivity index (χ0n) is 17.4. The third-order valence-corrected chi connectivity index (χ3v) is 6.04. The second-order valence-electron chi connectivity index (χ2n) is 8.20. The first-order valence-corrected chi connectivity index (χ1v) is 10.7.